The van der Waals surface area contributed by atoms with Crippen LogP contribution in [0.4, 0.5) is 0 Å². The van der Waals surface area contributed by atoms with E-state index >= 15 is 0 Å². The molecule has 96 valence electrons. The van der Waals surface area contributed by atoms with Crippen molar-refractivity contribution >= 4 is 31.9 Å². The molecule has 5 heteroatoms. The van der Waals surface area contributed by atoms with Crippen LogP contribution >= 0.6 is 31.9 Å². The molecule has 0 radical (unpaired) electrons. The van der Waals surface area contributed by atoms with Gasteiger partial charge in [-0.2, -0.15) is 0 Å². The molecule has 0 spiro atoms. The van der Waals surface area contributed by atoms with Gasteiger partial charge in [-0.3, -0.25) is 0 Å². The number of aromatic nitrogens is 1. The number of hydrogen-bond acceptors (Lipinski definition) is 3. The van der Waals surface area contributed by atoms with Crippen LogP contribution < -0.4 is 5.32 Å². The number of rotatable bonds is 4. The van der Waals surface area contributed by atoms with E-state index in [-0.39, 0.29) is 6.04 Å². The molecule has 1 unspecified atom stereocenters. The van der Waals surface area contributed by atoms with Gasteiger partial charge in [0.2, 0.25) is 0 Å². The van der Waals surface area contributed by atoms with Crippen LogP contribution in [-0.2, 0) is 6.54 Å². The maximum Gasteiger partial charge on any atom is 0.133 e. The number of nitrogens with one attached hydrogen (secondary N) is 1. The minimum atomic E-state index is 0.240. The predicted molar refractivity (Wildman–Crippen MR) is 78.3 cm³/mol. The molecule has 2 aromatic rings. The van der Waals surface area contributed by atoms with E-state index in [9.17, 15) is 0 Å². The normalized spacial score (nSPS) is 12.7. The topological polar surface area (TPSA) is 38.1 Å². The summed E-state index contributed by atoms with van der Waals surface area (Å²) in [5.74, 6) is 0.837. The fourth-order valence-corrected chi connectivity index (χ4v) is 3.11. The average molecular weight is 374 g/mol. The van der Waals surface area contributed by atoms with Crippen molar-refractivity contribution in [2.75, 3.05) is 0 Å². The number of aryl methyl sites for hydroxylation is 1. The van der Waals surface area contributed by atoms with E-state index in [4.69, 9.17) is 4.52 Å². The fraction of sp³-hybridized carbons (Fsp3) is 0.308. The Kier molecular flexibility index (Phi) is 4.59. The second-order valence-corrected chi connectivity index (χ2v) is 5.97. The van der Waals surface area contributed by atoms with E-state index in [0.29, 0.717) is 6.54 Å². The van der Waals surface area contributed by atoms with Crippen molar-refractivity contribution in [1.82, 2.24) is 10.5 Å². The molecule has 1 N–H and O–H groups in total. The molecule has 2 rings (SSSR count). The first-order valence-corrected chi connectivity index (χ1v) is 7.25. The molecule has 1 aromatic heterocycles. The standard InChI is InChI=1S/C13H14Br2N2O/c1-8-5-11(17-18-8)7-16-9(2)12-4-3-10(14)6-13(12)15/h3-6,9,16H,7H2,1-2H3. The van der Waals surface area contributed by atoms with E-state index in [2.05, 4.69) is 55.3 Å². The summed E-state index contributed by atoms with van der Waals surface area (Å²) >= 11 is 7.02. The third kappa shape index (κ3) is 3.43. The highest BCUT2D eigenvalue weighted by atomic mass is 79.9. The molecule has 0 saturated heterocycles. The van der Waals surface area contributed by atoms with Crippen LogP contribution in [0.2, 0.25) is 0 Å². The fourth-order valence-electron chi connectivity index (χ4n) is 1.72. The lowest BCUT2D eigenvalue weighted by Crippen LogP contribution is -2.18. The number of hydrogen-bond donors (Lipinski definition) is 1. The van der Waals surface area contributed by atoms with E-state index in [0.717, 1.165) is 20.4 Å². The van der Waals surface area contributed by atoms with E-state index in [1.807, 2.05) is 25.1 Å². The molecule has 0 amide bonds. The number of nitrogens with zero attached hydrogens (tertiary/aromatic N) is 1. The molecule has 3 nitrogen and oxygen atoms in total. The zero-order valence-corrected chi connectivity index (χ0v) is 13.4. The van der Waals surface area contributed by atoms with Crippen LogP contribution in [0.5, 0.6) is 0 Å². The van der Waals surface area contributed by atoms with Crippen LogP contribution in [-0.4, -0.2) is 5.16 Å². The Labute approximate surface area is 123 Å². The van der Waals surface area contributed by atoms with Crippen LogP contribution in [0.25, 0.3) is 0 Å². The Morgan fingerprint density at radius 1 is 1.33 bits per heavy atom. The van der Waals surface area contributed by atoms with Gasteiger partial charge in [-0.05, 0) is 31.5 Å². The molecule has 1 heterocycles. The minimum Gasteiger partial charge on any atom is -0.361 e. The molecule has 0 aliphatic rings. The van der Waals surface area contributed by atoms with E-state index in [1.165, 1.54) is 5.56 Å². The van der Waals surface area contributed by atoms with Crippen LogP contribution in [0.1, 0.15) is 30.0 Å². The Bertz CT molecular complexity index is 540. The lowest BCUT2D eigenvalue weighted by Gasteiger charge is -2.15. The van der Waals surface area contributed by atoms with Gasteiger partial charge >= 0.3 is 0 Å². The lowest BCUT2D eigenvalue weighted by atomic mass is 10.1. The smallest absolute Gasteiger partial charge is 0.133 e. The molecule has 0 aliphatic carbocycles. The van der Waals surface area contributed by atoms with Gasteiger partial charge in [0.15, 0.2) is 0 Å². The van der Waals surface area contributed by atoms with Crippen LogP contribution in [0.15, 0.2) is 37.7 Å². The van der Waals surface area contributed by atoms with Crippen LogP contribution in [0.3, 0.4) is 0 Å². The SMILES string of the molecule is Cc1cc(CNC(C)c2ccc(Br)cc2Br)no1. The lowest BCUT2D eigenvalue weighted by molar-refractivity contribution is 0.386. The van der Waals surface area contributed by atoms with Gasteiger partial charge in [0.25, 0.3) is 0 Å². The van der Waals surface area contributed by atoms with E-state index in [1.54, 1.807) is 0 Å². The third-order valence-electron chi connectivity index (χ3n) is 2.70. The monoisotopic (exact) mass is 372 g/mol. The summed E-state index contributed by atoms with van der Waals surface area (Å²) in [6, 6.07) is 8.37. The second kappa shape index (κ2) is 5.99. The van der Waals surface area contributed by atoms with Gasteiger partial charge in [0.05, 0.1) is 5.69 Å². The van der Waals surface area contributed by atoms with Gasteiger partial charge in [-0.15, -0.1) is 0 Å². The molecule has 0 fully saturated rings. The molecule has 0 aliphatic heterocycles. The molecule has 0 bridgehead atoms. The molecule has 1 aromatic carbocycles. The molecule has 0 saturated carbocycles. The zero-order valence-electron chi connectivity index (χ0n) is 10.2. The Balaban J connectivity index is 2.01. The Morgan fingerprint density at radius 3 is 2.72 bits per heavy atom. The summed E-state index contributed by atoms with van der Waals surface area (Å²) < 4.78 is 7.19. The maximum absolute atomic E-state index is 5.04. The average Bonchev–Trinajstić information content (AvgIpc) is 2.72. The van der Waals surface area contributed by atoms with Gasteiger partial charge in [-0.25, -0.2) is 0 Å². The van der Waals surface area contributed by atoms with Gasteiger partial charge < -0.3 is 9.84 Å². The predicted octanol–water partition coefficient (Wildman–Crippen LogP) is 4.36. The number of benzene rings is 1. The van der Waals surface area contributed by atoms with Gasteiger partial charge in [0, 0.05) is 27.6 Å². The van der Waals surface area contributed by atoms with Gasteiger partial charge in [-0.1, -0.05) is 43.1 Å². The first-order valence-electron chi connectivity index (χ1n) is 5.67. The molecule has 1 atom stereocenters. The highest BCUT2D eigenvalue weighted by Crippen LogP contribution is 2.26. The first kappa shape index (κ1) is 13.8. The van der Waals surface area contributed by atoms with Crippen molar-refractivity contribution in [1.29, 1.82) is 0 Å². The quantitative estimate of drug-likeness (QED) is 0.865. The summed E-state index contributed by atoms with van der Waals surface area (Å²) in [7, 11) is 0. The van der Waals surface area contributed by atoms with Crippen molar-refractivity contribution < 1.29 is 4.52 Å². The summed E-state index contributed by atoms with van der Waals surface area (Å²) in [4.78, 5) is 0. The summed E-state index contributed by atoms with van der Waals surface area (Å²) in [5, 5.41) is 7.38. The van der Waals surface area contributed by atoms with Crippen LogP contribution in [0, 0.1) is 6.92 Å². The molecular weight excluding hydrogens is 360 g/mol. The van der Waals surface area contributed by atoms with E-state index < -0.39 is 0 Å². The third-order valence-corrected chi connectivity index (χ3v) is 3.88. The number of halogens is 2. The van der Waals surface area contributed by atoms with Crippen molar-refractivity contribution in [3.63, 3.8) is 0 Å². The highest BCUT2D eigenvalue weighted by Gasteiger charge is 2.10. The van der Waals surface area contributed by atoms with Crippen molar-refractivity contribution in [3.05, 3.63) is 50.2 Å². The first-order chi connectivity index (χ1) is 8.56. The largest absolute Gasteiger partial charge is 0.361 e. The minimum absolute atomic E-state index is 0.240. The maximum atomic E-state index is 5.04. The summed E-state index contributed by atoms with van der Waals surface area (Å²) in [6.45, 7) is 4.72. The Hall–Kier alpha value is -0.650. The second-order valence-electron chi connectivity index (χ2n) is 4.20. The van der Waals surface area contributed by atoms with Crippen molar-refractivity contribution in [3.8, 4) is 0 Å². The summed E-state index contributed by atoms with van der Waals surface area (Å²) in [5.41, 5.74) is 2.14. The van der Waals surface area contributed by atoms with Gasteiger partial charge in [0.1, 0.15) is 5.76 Å². The zero-order chi connectivity index (χ0) is 13.1. The molecular formula is C13H14Br2N2O. The summed E-state index contributed by atoms with van der Waals surface area (Å²) in [6.07, 6.45) is 0. The van der Waals surface area contributed by atoms with Crippen molar-refractivity contribution in [2.24, 2.45) is 0 Å². The van der Waals surface area contributed by atoms with Crippen molar-refractivity contribution in [2.45, 2.75) is 26.4 Å². The highest BCUT2D eigenvalue weighted by molar-refractivity contribution is 9.11. The molecule has 18 heavy (non-hydrogen) atoms. The Morgan fingerprint density at radius 2 is 2.11 bits per heavy atom.